The summed E-state index contributed by atoms with van der Waals surface area (Å²) < 4.78 is 18.9. The van der Waals surface area contributed by atoms with Crippen molar-refractivity contribution in [2.45, 2.75) is 25.0 Å². The molecule has 0 spiro atoms. The Balaban J connectivity index is 2.00. The van der Waals surface area contributed by atoms with Crippen molar-refractivity contribution in [3.8, 4) is 11.8 Å². The number of anilines is 1. The van der Waals surface area contributed by atoms with Crippen LogP contribution in [0.2, 0.25) is 0 Å². The smallest absolute Gasteiger partial charge is 0.262 e. The van der Waals surface area contributed by atoms with Gasteiger partial charge in [0.25, 0.3) is 11.8 Å². The highest BCUT2D eigenvalue weighted by Gasteiger charge is 2.47. The Bertz CT molecular complexity index is 654. The quantitative estimate of drug-likeness (QED) is 0.607. The minimum absolute atomic E-state index is 0.0287. The van der Waals surface area contributed by atoms with Crippen LogP contribution in [0, 0.1) is 17.7 Å². The molecule has 108 valence electrons. The number of hydrogen-bond acceptors (Lipinski definition) is 4. The van der Waals surface area contributed by atoms with Gasteiger partial charge in [-0.2, -0.15) is 0 Å². The number of carbonyl (C=O) groups excluding carboxylic acids is 2. The fourth-order valence-electron chi connectivity index (χ4n) is 2.53. The topological polar surface area (TPSA) is 66.8 Å². The van der Waals surface area contributed by atoms with E-state index in [1.54, 1.807) is 0 Å². The lowest BCUT2D eigenvalue weighted by atomic mass is 10.1. The number of carbonyl (C=O) groups is 2. The number of halogens is 1. The summed E-state index contributed by atoms with van der Waals surface area (Å²) in [5, 5.41) is 8.67. The van der Waals surface area contributed by atoms with Crippen LogP contribution in [0.1, 0.15) is 18.4 Å². The minimum Gasteiger partial charge on any atom is -0.384 e. The fourth-order valence-corrected chi connectivity index (χ4v) is 2.53. The Morgan fingerprint density at radius 2 is 1.95 bits per heavy atom. The van der Waals surface area contributed by atoms with Crippen molar-refractivity contribution in [1.29, 1.82) is 0 Å². The molecule has 2 unspecified atom stereocenters. The lowest BCUT2D eigenvalue weighted by molar-refractivity contribution is -0.146. The molecule has 1 aromatic rings. The van der Waals surface area contributed by atoms with Crippen LogP contribution in [-0.4, -0.2) is 35.7 Å². The van der Waals surface area contributed by atoms with Crippen molar-refractivity contribution >= 4 is 17.5 Å². The molecule has 21 heavy (non-hydrogen) atoms. The molecule has 2 atom stereocenters. The number of imide groups is 1. The van der Waals surface area contributed by atoms with E-state index in [9.17, 15) is 14.0 Å². The summed E-state index contributed by atoms with van der Waals surface area (Å²) in [6, 6.07) is 3.84. The maximum Gasteiger partial charge on any atom is 0.262 e. The van der Waals surface area contributed by atoms with E-state index in [0.717, 1.165) is 11.0 Å². The van der Waals surface area contributed by atoms with Gasteiger partial charge in [0.2, 0.25) is 0 Å². The summed E-state index contributed by atoms with van der Waals surface area (Å²) >= 11 is 0. The normalized spacial score (nSPS) is 24.0. The van der Waals surface area contributed by atoms with Crippen LogP contribution in [0.5, 0.6) is 0 Å². The number of aliphatic hydroxyl groups excluding tert-OH is 1. The van der Waals surface area contributed by atoms with Crippen molar-refractivity contribution in [3.63, 3.8) is 0 Å². The van der Waals surface area contributed by atoms with Crippen LogP contribution in [0.25, 0.3) is 0 Å². The second-order valence-electron chi connectivity index (χ2n) is 4.83. The third kappa shape index (κ3) is 2.31. The second kappa shape index (κ2) is 5.28. The van der Waals surface area contributed by atoms with Gasteiger partial charge >= 0.3 is 0 Å². The Morgan fingerprint density at radius 3 is 2.57 bits per heavy atom. The zero-order valence-corrected chi connectivity index (χ0v) is 11.0. The zero-order chi connectivity index (χ0) is 15.0. The first-order chi connectivity index (χ1) is 10.1. The van der Waals surface area contributed by atoms with E-state index >= 15 is 0 Å². The number of amides is 2. The van der Waals surface area contributed by atoms with Crippen LogP contribution < -0.4 is 4.90 Å². The van der Waals surface area contributed by atoms with Gasteiger partial charge in [0, 0.05) is 0 Å². The van der Waals surface area contributed by atoms with E-state index < -0.39 is 36.4 Å². The van der Waals surface area contributed by atoms with Gasteiger partial charge in [-0.3, -0.25) is 9.59 Å². The number of benzene rings is 1. The molecule has 2 saturated heterocycles. The average Bonchev–Trinajstić information content (AvgIpc) is 2.93. The van der Waals surface area contributed by atoms with E-state index in [-0.39, 0.29) is 11.3 Å². The van der Waals surface area contributed by atoms with Gasteiger partial charge in [-0.05, 0) is 31.0 Å². The van der Waals surface area contributed by atoms with E-state index in [1.165, 1.54) is 12.1 Å². The molecular formula is C15H12FNO4. The fraction of sp³-hybridized carbons (Fsp3) is 0.333. The number of hydrogen-bond donors (Lipinski definition) is 1. The Labute approximate surface area is 120 Å². The van der Waals surface area contributed by atoms with Crippen LogP contribution in [-0.2, 0) is 14.3 Å². The van der Waals surface area contributed by atoms with Crippen LogP contribution in [0.4, 0.5) is 10.1 Å². The maximum atomic E-state index is 13.6. The molecule has 6 heteroatoms. The average molecular weight is 289 g/mol. The minimum atomic E-state index is -0.607. The Hall–Kier alpha value is -2.23. The van der Waals surface area contributed by atoms with Gasteiger partial charge in [0.05, 0.1) is 11.3 Å². The predicted molar refractivity (Wildman–Crippen MR) is 70.8 cm³/mol. The molecule has 2 fully saturated rings. The molecule has 2 bridgehead atoms. The first-order valence-electron chi connectivity index (χ1n) is 6.54. The molecule has 2 heterocycles. The molecule has 2 aliphatic rings. The van der Waals surface area contributed by atoms with Gasteiger partial charge in [-0.15, -0.1) is 0 Å². The Kier molecular flexibility index (Phi) is 3.45. The number of rotatable bonds is 1. The number of morpholine rings is 1. The van der Waals surface area contributed by atoms with E-state index in [4.69, 9.17) is 9.84 Å². The van der Waals surface area contributed by atoms with Crippen LogP contribution in [0.15, 0.2) is 18.2 Å². The highest BCUT2D eigenvalue weighted by molar-refractivity contribution is 6.19. The summed E-state index contributed by atoms with van der Waals surface area (Å²) in [7, 11) is 0. The molecular weight excluding hydrogens is 277 g/mol. The molecule has 1 aromatic carbocycles. The molecule has 0 radical (unpaired) electrons. The van der Waals surface area contributed by atoms with Gasteiger partial charge < -0.3 is 9.84 Å². The standard InChI is InChI=1S/C15H12FNO4/c16-11-4-3-10(8-9(11)2-1-7-18)17-14(19)12-5-6-13(21-12)15(17)20/h3-4,8,12-13,18H,5-7H2. The van der Waals surface area contributed by atoms with Crippen LogP contribution >= 0.6 is 0 Å². The van der Waals surface area contributed by atoms with Gasteiger partial charge in [0.15, 0.2) is 0 Å². The van der Waals surface area contributed by atoms with E-state index in [0.29, 0.717) is 12.8 Å². The predicted octanol–water partition coefficient (Wildman–Crippen LogP) is 0.590. The third-order valence-electron chi connectivity index (χ3n) is 3.52. The van der Waals surface area contributed by atoms with Crippen molar-refractivity contribution in [3.05, 3.63) is 29.6 Å². The van der Waals surface area contributed by atoms with Gasteiger partial charge in [-0.25, -0.2) is 9.29 Å². The SMILES string of the molecule is O=C1C2CCC(O2)C(=O)N1c1ccc(F)c(C#CCO)c1. The molecule has 0 saturated carbocycles. The number of fused-ring (bicyclic) bond motifs is 2. The molecule has 0 aliphatic carbocycles. The lowest BCUT2D eigenvalue weighted by Gasteiger charge is -2.30. The lowest BCUT2D eigenvalue weighted by Crippen LogP contribution is -2.52. The largest absolute Gasteiger partial charge is 0.384 e. The summed E-state index contributed by atoms with van der Waals surface area (Å²) in [6.07, 6.45) is -0.178. The van der Waals surface area contributed by atoms with Gasteiger partial charge in [-0.1, -0.05) is 11.8 Å². The molecule has 1 N–H and O–H groups in total. The number of nitrogens with zero attached hydrogens (tertiary/aromatic N) is 1. The van der Waals surface area contributed by atoms with Gasteiger partial charge in [0.1, 0.15) is 24.6 Å². The van der Waals surface area contributed by atoms with Crippen molar-refractivity contribution in [2.24, 2.45) is 0 Å². The Morgan fingerprint density at radius 1 is 1.29 bits per heavy atom. The zero-order valence-electron chi connectivity index (χ0n) is 11.0. The first-order valence-corrected chi connectivity index (χ1v) is 6.54. The molecule has 2 amide bonds. The summed E-state index contributed by atoms with van der Waals surface area (Å²) in [4.78, 5) is 25.5. The molecule has 3 rings (SSSR count). The first kappa shape index (κ1) is 13.7. The highest BCUT2D eigenvalue weighted by Crippen LogP contribution is 2.32. The molecule has 2 aliphatic heterocycles. The van der Waals surface area contributed by atoms with Crippen LogP contribution in [0.3, 0.4) is 0 Å². The highest BCUT2D eigenvalue weighted by atomic mass is 19.1. The monoisotopic (exact) mass is 289 g/mol. The summed E-state index contributed by atoms with van der Waals surface area (Å²) in [5.74, 6) is 3.36. The number of ether oxygens (including phenoxy) is 1. The van der Waals surface area contributed by atoms with Crippen molar-refractivity contribution < 1.29 is 23.8 Å². The molecule has 5 nitrogen and oxygen atoms in total. The maximum absolute atomic E-state index is 13.6. The van der Waals surface area contributed by atoms with E-state index in [1.807, 2.05) is 0 Å². The van der Waals surface area contributed by atoms with E-state index in [2.05, 4.69) is 11.8 Å². The number of aliphatic hydroxyl groups is 1. The van der Waals surface area contributed by atoms with Crippen molar-refractivity contribution in [1.82, 2.24) is 0 Å². The third-order valence-corrected chi connectivity index (χ3v) is 3.52. The second-order valence-corrected chi connectivity index (χ2v) is 4.83. The summed E-state index contributed by atoms with van der Waals surface area (Å²) in [6.45, 7) is -0.400. The summed E-state index contributed by atoms with van der Waals surface area (Å²) in [5.41, 5.74) is 0.301. The molecule has 0 aromatic heterocycles. The van der Waals surface area contributed by atoms with Crippen molar-refractivity contribution in [2.75, 3.05) is 11.5 Å².